The molecule has 0 saturated carbocycles. The van der Waals surface area contributed by atoms with Gasteiger partial charge >= 0.3 is 0 Å². The minimum absolute atomic E-state index is 0.186. The van der Waals surface area contributed by atoms with Gasteiger partial charge < -0.3 is 10.1 Å². The maximum absolute atomic E-state index is 12.5. The number of hydrogen-bond acceptors (Lipinski definition) is 4. The highest BCUT2D eigenvalue weighted by atomic mass is 32.2. The van der Waals surface area contributed by atoms with Crippen LogP contribution in [-0.4, -0.2) is 27.7 Å². The second-order valence-electron chi connectivity index (χ2n) is 7.30. The number of ether oxygens (including phenoxy) is 1. The van der Waals surface area contributed by atoms with Crippen LogP contribution in [0.15, 0.2) is 72.8 Å². The van der Waals surface area contributed by atoms with Crippen molar-refractivity contribution in [2.75, 3.05) is 17.7 Å². The Hall–Kier alpha value is -3.32. The second kappa shape index (κ2) is 9.66. The Labute approximate surface area is 183 Å². The molecule has 0 aliphatic carbocycles. The molecule has 0 aliphatic rings. The Bertz CT molecular complexity index is 1160. The minimum atomic E-state index is -3.46. The summed E-state index contributed by atoms with van der Waals surface area (Å²) in [5.74, 6) is 0.506. The predicted molar refractivity (Wildman–Crippen MR) is 123 cm³/mol. The summed E-state index contributed by atoms with van der Waals surface area (Å²) >= 11 is 0. The zero-order valence-corrected chi connectivity index (χ0v) is 18.6. The summed E-state index contributed by atoms with van der Waals surface area (Å²) in [6.45, 7) is 2.45. The van der Waals surface area contributed by atoms with Crippen LogP contribution in [0.1, 0.15) is 27.0 Å². The lowest BCUT2D eigenvalue weighted by Crippen LogP contribution is -2.29. The van der Waals surface area contributed by atoms with Gasteiger partial charge in [0.25, 0.3) is 5.91 Å². The highest BCUT2D eigenvalue weighted by Crippen LogP contribution is 2.22. The van der Waals surface area contributed by atoms with Gasteiger partial charge in [-0.15, -0.1) is 0 Å². The van der Waals surface area contributed by atoms with Crippen molar-refractivity contribution in [3.63, 3.8) is 0 Å². The molecule has 0 spiro atoms. The molecule has 3 aromatic carbocycles. The number of methoxy groups -OCH3 is 1. The van der Waals surface area contributed by atoms with Crippen molar-refractivity contribution in [2.45, 2.75) is 20.0 Å². The van der Waals surface area contributed by atoms with Crippen LogP contribution in [0.2, 0.25) is 0 Å². The van der Waals surface area contributed by atoms with Crippen LogP contribution < -0.4 is 14.4 Å². The maximum Gasteiger partial charge on any atom is 0.251 e. The lowest BCUT2D eigenvalue weighted by Gasteiger charge is -2.23. The van der Waals surface area contributed by atoms with E-state index in [0.717, 1.165) is 22.4 Å². The third kappa shape index (κ3) is 5.86. The van der Waals surface area contributed by atoms with Crippen LogP contribution in [0.4, 0.5) is 5.69 Å². The maximum atomic E-state index is 12.5. The lowest BCUT2D eigenvalue weighted by molar-refractivity contribution is 0.0950. The van der Waals surface area contributed by atoms with E-state index in [1.165, 1.54) is 10.6 Å². The van der Waals surface area contributed by atoms with Gasteiger partial charge in [0, 0.05) is 17.7 Å². The van der Waals surface area contributed by atoms with Crippen LogP contribution in [0.3, 0.4) is 0 Å². The minimum Gasteiger partial charge on any atom is -0.496 e. The van der Waals surface area contributed by atoms with E-state index in [4.69, 9.17) is 4.74 Å². The van der Waals surface area contributed by atoms with Crippen molar-refractivity contribution in [2.24, 2.45) is 0 Å². The molecule has 0 fully saturated rings. The van der Waals surface area contributed by atoms with E-state index in [2.05, 4.69) is 5.32 Å². The SMILES string of the molecule is COc1ccccc1CNC(=O)c1ccc(CN(c2cccc(C)c2)S(C)(=O)=O)cc1. The Morgan fingerprint density at radius 1 is 1.00 bits per heavy atom. The number of para-hydroxylation sites is 1. The third-order valence-electron chi connectivity index (χ3n) is 4.86. The van der Waals surface area contributed by atoms with Gasteiger partial charge in [-0.2, -0.15) is 0 Å². The summed E-state index contributed by atoms with van der Waals surface area (Å²) in [5.41, 5.74) is 3.76. The molecule has 7 heteroatoms. The van der Waals surface area contributed by atoms with Crippen molar-refractivity contribution >= 4 is 21.6 Å². The molecule has 1 amide bonds. The monoisotopic (exact) mass is 438 g/mol. The van der Waals surface area contributed by atoms with E-state index in [9.17, 15) is 13.2 Å². The molecule has 3 aromatic rings. The smallest absolute Gasteiger partial charge is 0.251 e. The van der Waals surface area contributed by atoms with Crippen molar-refractivity contribution < 1.29 is 17.9 Å². The van der Waals surface area contributed by atoms with Crippen LogP contribution in [0.25, 0.3) is 0 Å². The molecule has 0 aromatic heterocycles. The first kappa shape index (κ1) is 22.4. The van der Waals surface area contributed by atoms with Gasteiger partial charge in [0.2, 0.25) is 10.0 Å². The van der Waals surface area contributed by atoms with E-state index in [1.807, 2.05) is 49.4 Å². The van der Waals surface area contributed by atoms with E-state index < -0.39 is 10.0 Å². The lowest BCUT2D eigenvalue weighted by atomic mass is 10.1. The predicted octanol–water partition coefficient (Wildman–Crippen LogP) is 3.90. The molecule has 0 radical (unpaired) electrons. The highest BCUT2D eigenvalue weighted by Gasteiger charge is 2.18. The molecule has 3 rings (SSSR count). The van der Waals surface area contributed by atoms with Gasteiger partial charge in [-0.25, -0.2) is 8.42 Å². The summed E-state index contributed by atoms with van der Waals surface area (Å²) in [7, 11) is -1.87. The molecule has 6 nitrogen and oxygen atoms in total. The first-order chi connectivity index (χ1) is 14.8. The number of carbonyl (C=O) groups is 1. The van der Waals surface area contributed by atoms with E-state index in [1.54, 1.807) is 37.4 Å². The summed E-state index contributed by atoms with van der Waals surface area (Å²) in [6.07, 6.45) is 1.19. The van der Waals surface area contributed by atoms with Crippen LogP contribution in [0, 0.1) is 6.92 Å². The summed E-state index contributed by atoms with van der Waals surface area (Å²) in [4.78, 5) is 12.5. The Balaban J connectivity index is 1.70. The highest BCUT2D eigenvalue weighted by molar-refractivity contribution is 7.92. The topological polar surface area (TPSA) is 75.7 Å². The molecule has 0 saturated heterocycles. The van der Waals surface area contributed by atoms with Crippen molar-refractivity contribution in [1.82, 2.24) is 5.32 Å². The molecule has 0 bridgehead atoms. The van der Waals surface area contributed by atoms with Gasteiger partial charge in [0.15, 0.2) is 0 Å². The molecule has 31 heavy (non-hydrogen) atoms. The number of sulfonamides is 1. The summed E-state index contributed by atoms with van der Waals surface area (Å²) in [5, 5.41) is 2.88. The number of nitrogens with zero attached hydrogens (tertiary/aromatic N) is 1. The molecule has 0 unspecified atom stereocenters. The standard InChI is InChI=1S/C24H26N2O4S/c1-18-7-6-9-22(15-18)26(31(3,28)29)17-19-11-13-20(14-12-19)24(27)25-16-21-8-4-5-10-23(21)30-2/h4-15H,16-17H2,1-3H3,(H,25,27). The van der Waals surface area contributed by atoms with Crippen LogP contribution in [-0.2, 0) is 23.1 Å². The number of nitrogens with one attached hydrogen (secondary N) is 1. The van der Waals surface area contributed by atoms with Crippen molar-refractivity contribution in [1.29, 1.82) is 0 Å². The van der Waals surface area contributed by atoms with E-state index in [0.29, 0.717) is 17.8 Å². The molecule has 1 N–H and O–H groups in total. The number of hydrogen-bond donors (Lipinski definition) is 1. The number of aryl methyl sites for hydroxylation is 1. The largest absolute Gasteiger partial charge is 0.496 e. The number of carbonyl (C=O) groups excluding carboxylic acids is 1. The van der Waals surface area contributed by atoms with Crippen LogP contribution in [0.5, 0.6) is 5.75 Å². The fourth-order valence-electron chi connectivity index (χ4n) is 3.24. The fourth-order valence-corrected chi connectivity index (χ4v) is 4.12. The Morgan fingerprint density at radius 2 is 1.71 bits per heavy atom. The van der Waals surface area contributed by atoms with Crippen molar-refractivity contribution in [3.8, 4) is 5.75 Å². The number of amides is 1. The molecule has 162 valence electrons. The molecule has 0 aliphatic heterocycles. The average Bonchev–Trinajstić information content (AvgIpc) is 2.75. The van der Waals surface area contributed by atoms with Gasteiger partial charge in [0.1, 0.15) is 5.75 Å². The quantitative estimate of drug-likeness (QED) is 0.579. The number of anilines is 1. The van der Waals surface area contributed by atoms with Crippen LogP contribution >= 0.6 is 0 Å². The van der Waals surface area contributed by atoms with Gasteiger partial charge in [-0.3, -0.25) is 9.10 Å². The third-order valence-corrected chi connectivity index (χ3v) is 6.00. The average molecular weight is 439 g/mol. The fraction of sp³-hybridized carbons (Fsp3) is 0.208. The van der Waals surface area contributed by atoms with Gasteiger partial charge in [0.05, 0.1) is 25.6 Å². The molecule has 0 heterocycles. The van der Waals surface area contributed by atoms with Gasteiger partial charge in [-0.05, 0) is 48.4 Å². The normalized spacial score (nSPS) is 11.1. The molecule has 0 atom stereocenters. The van der Waals surface area contributed by atoms with E-state index >= 15 is 0 Å². The van der Waals surface area contributed by atoms with Gasteiger partial charge in [-0.1, -0.05) is 42.5 Å². The van der Waals surface area contributed by atoms with Crippen molar-refractivity contribution in [3.05, 3.63) is 95.1 Å². The van der Waals surface area contributed by atoms with E-state index in [-0.39, 0.29) is 12.5 Å². The second-order valence-corrected chi connectivity index (χ2v) is 9.21. The Morgan fingerprint density at radius 3 is 2.35 bits per heavy atom. The number of benzene rings is 3. The molecular formula is C24H26N2O4S. The Kier molecular flexibility index (Phi) is 6.97. The number of rotatable bonds is 8. The summed E-state index contributed by atoms with van der Waals surface area (Å²) in [6, 6.07) is 21.8. The zero-order chi connectivity index (χ0) is 22.4. The first-order valence-electron chi connectivity index (χ1n) is 9.81. The first-order valence-corrected chi connectivity index (χ1v) is 11.7. The molecular weight excluding hydrogens is 412 g/mol. The summed E-state index contributed by atoms with van der Waals surface area (Å²) < 4.78 is 31.4. The zero-order valence-electron chi connectivity index (χ0n) is 17.8.